The molecule has 1 aliphatic heterocycles. The second kappa shape index (κ2) is 7.49. The van der Waals surface area contributed by atoms with E-state index in [0.717, 1.165) is 17.0 Å². The van der Waals surface area contributed by atoms with Crippen LogP contribution in [0.2, 0.25) is 0 Å². The molecule has 0 radical (unpaired) electrons. The molecule has 0 spiro atoms. The maximum atomic E-state index is 12.1. The first-order chi connectivity index (χ1) is 10.8. The number of carbonyl (C=O) groups is 2. The van der Waals surface area contributed by atoms with Crippen LogP contribution in [0, 0.1) is 11.8 Å². The molecule has 2 amide bonds. The first-order valence-electron chi connectivity index (χ1n) is 8.21. The summed E-state index contributed by atoms with van der Waals surface area (Å²) >= 11 is 0. The standard InChI is InChI=1S/C18H26N2O3/c1-11(2)7-17(21)20-15-5-6-16-13(9-15)8-14(10-23-16)18(22)19-12(3)4/h5-6,9,11-12,14H,7-8,10H2,1-4H3,(H,19,22)(H,20,21). The Morgan fingerprint density at radius 2 is 2.00 bits per heavy atom. The maximum absolute atomic E-state index is 12.1. The van der Waals surface area contributed by atoms with Gasteiger partial charge in [0.15, 0.2) is 0 Å². The van der Waals surface area contributed by atoms with Crippen LogP contribution in [0.25, 0.3) is 0 Å². The van der Waals surface area contributed by atoms with Crippen LogP contribution >= 0.6 is 0 Å². The van der Waals surface area contributed by atoms with Gasteiger partial charge in [-0.25, -0.2) is 0 Å². The topological polar surface area (TPSA) is 67.4 Å². The number of hydrogen-bond acceptors (Lipinski definition) is 3. The molecule has 126 valence electrons. The molecule has 23 heavy (non-hydrogen) atoms. The fraction of sp³-hybridized carbons (Fsp3) is 0.556. The molecule has 1 aliphatic rings. The number of fused-ring (bicyclic) bond motifs is 1. The van der Waals surface area contributed by atoms with Gasteiger partial charge in [0, 0.05) is 18.2 Å². The Labute approximate surface area is 137 Å². The monoisotopic (exact) mass is 318 g/mol. The lowest BCUT2D eigenvalue weighted by Crippen LogP contribution is -2.40. The van der Waals surface area contributed by atoms with Crippen LogP contribution in [0.4, 0.5) is 5.69 Å². The van der Waals surface area contributed by atoms with Crippen LogP contribution in [-0.2, 0) is 16.0 Å². The van der Waals surface area contributed by atoms with E-state index in [4.69, 9.17) is 4.74 Å². The lowest BCUT2D eigenvalue weighted by Gasteiger charge is -2.26. The summed E-state index contributed by atoms with van der Waals surface area (Å²) in [5.41, 5.74) is 1.71. The Morgan fingerprint density at radius 3 is 2.65 bits per heavy atom. The summed E-state index contributed by atoms with van der Waals surface area (Å²) < 4.78 is 5.69. The van der Waals surface area contributed by atoms with Gasteiger partial charge < -0.3 is 15.4 Å². The third-order valence-corrected chi connectivity index (χ3v) is 3.65. The Balaban J connectivity index is 2.05. The van der Waals surface area contributed by atoms with Crippen molar-refractivity contribution in [3.8, 4) is 5.75 Å². The average Bonchev–Trinajstić information content (AvgIpc) is 2.44. The van der Waals surface area contributed by atoms with E-state index in [0.29, 0.717) is 25.4 Å². The minimum Gasteiger partial charge on any atom is -0.492 e. The van der Waals surface area contributed by atoms with E-state index in [1.165, 1.54) is 0 Å². The van der Waals surface area contributed by atoms with Gasteiger partial charge in [0.25, 0.3) is 0 Å². The van der Waals surface area contributed by atoms with Gasteiger partial charge in [-0.15, -0.1) is 0 Å². The zero-order valence-corrected chi connectivity index (χ0v) is 14.3. The van der Waals surface area contributed by atoms with Crippen LogP contribution in [0.3, 0.4) is 0 Å². The molecule has 1 unspecified atom stereocenters. The van der Waals surface area contributed by atoms with E-state index in [-0.39, 0.29) is 23.8 Å². The molecule has 0 saturated heterocycles. The molecule has 0 aromatic heterocycles. The SMILES string of the molecule is CC(C)CC(=O)Nc1ccc2c(c1)CC(C(=O)NC(C)C)CO2. The highest BCUT2D eigenvalue weighted by molar-refractivity contribution is 5.91. The number of rotatable bonds is 5. The van der Waals surface area contributed by atoms with Crippen molar-refractivity contribution in [2.24, 2.45) is 11.8 Å². The fourth-order valence-electron chi connectivity index (χ4n) is 2.63. The largest absolute Gasteiger partial charge is 0.492 e. The summed E-state index contributed by atoms with van der Waals surface area (Å²) in [5.74, 6) is 0.942. The van der Waals surface area contributed by atoms with Crippen molar-refractivity contribution in [1.82, 2.24) is 5.32 Å². The van der Waals surface area contributed by atoms with Gasteiger partial charge in [-0.2, -0.15) is 0 Å². The Kier molecular flexibility index (Phi) is 5.64. The summed E-state index contributed by atoms with van der Waals surface area (Å²) in [4.78, 5) is 24.0. The highest BCUT2D eigenvalue weighted by atomic mass is 16.5. The zero-order chi connectivity index (χ0) is 17.0. The Morgan fingerprint density at radius 1 is 1.26 bits per heavy atom. The van der Waals surface area contributed by atoms with Gasteiger partial charge in [-0.1, -0.05) is 13.8 Å². The smallest absolute Gasteiger partial charge is 0.227 e. The van der Waals surface area contributed by atoms with Gasteiger partial charge in [-0.3, -0.25) is 9.59 Å². The molecule has 1 aromatic rings. The average molecular weight is 318 g/mol. The van der Waals surface area contributed by atoms with E-state index < -0.39 is 0 Å². The number of ether oxygens (including phenoxy) is 1. The molecular weight excluding hydrogens is 292 g/mol. The van der Waals surface area contributed by atoms with E-state index in [2.05, 4.69) is 10.6 Å². The molecule has 1 aromatic carbocycles. The number of amides is 2. The first kappa shape index (κ1) is 17.3. The number of benzene rings is 1. The van der Waals surface area contributed by atoms with Crippen molar-refractivity contribution >= 4 is 17.5 Å². The first-order valence-corrected chi connectivity index (χ1v) is 8.21. The van der Waals surface area contributed by atoms with Crippen LogP contribution in [0.5, 0.6) is 5.75 Å². The van der Waals surface area contributed by atoms with E-state index in [1.54, 1.807) is 0 Å². The fourth-order valence-corrected chi connectivity index (χ4v) is 2.63. The van der Waals surface area contributed by atoms with E-state index >= 15 is 0 Å². The van der Waals surface area contributed by atoms with Crippen molar-refractivity contribution in [3.63, 3.8) is 0 Å². The lowest BCUT2D eigenvalue weighted by atomic mass is 9.95. The summed E-state index contributed by atoms with van der Waals surface area (Å²) in [6, 6.07) is 5.72. The molecule has 0 aliphatic carbocycles. The molecule has 2 rings (SSSR count). The number of anilines is 1. The Bertz CT molecular complexity index is 582. The zero-order valence-electron chi connectivity index (χ0n) is 14.3. The van der Waals surface area contributed by atoms with Crippen LogP contribution in [0.1, 0.15) is 39.7 Å². The van der Waals surface area contributed by atoms with Crippen LogP contribution in [-0.4, -0.2) is 24.5 Å². The second-order valence-corrected chi connectivity index (χ2v) is 6.84. The molecule has 0 fully saturated rings. The van der Waals surface area contributed by atoms with Gasteiger partial charge >= 0.3 is 0 Å². The summed E-state index contributed by atoms with van der Waals surface area (Å²) in [6.07, 6.45) is 1.12. The highest BCUT2D eigenvalue weighted by Gasteiger charge is 2.26. The van der Waals surface area contributed by atoms with Crippen molar-refractivity contribution in [3.05, 3.63) is 23.8 Å². The molecule has 1 atom stereocenters. The summed E-state index contributed by atoms with van der Waals surface area (Å²) in [6.45, 7) is 8.30. The molecule has 0 bridgehead atoms. The third-order valence-electron chi connectivity index (χ3n) is 3.65. The van der Waals surface area contributed by atoms with Crippen molar-refractivity contribution in [2.75, 3.05) is 11.9 Å². The lowest BCUT2D eigenvalue weighted by molar-refractivity contribution is -0.126. The van der Waals surface area contributed by atoms with Crippen LogP contribution in [0.15, 0.2) is 18.2 Å². The van der Waals surface area contributed by atoms with Gasteiger partial charge in [0.05, 0.1) is 5.92 Å². The maximum Gasteiger partial charge on any atom is 0.227 e. The minimum absolute atomic E-state index is 0.00535. The molecule has 5 heteroatoms. The molecule has 1 heterocycles. The number of nitrogens with one attached hydrogen (secondary N) is 2. The van der Waals surface area contributed by atoms with Gasteiger partial charge in [0.2, 0.25) is 11.8 Å². The molecule has 5 nitrogen and oxygen atoms in total. The van der Waals surface area contributed by atoms with Crippen molar-refractivity contribution < 1.29 is 14.3 Å². The second-order valence-electron chi connectivity index (χ2n) is 6.84. The third kappa shape index (κ3) is 4.98. The Hall–Kier alpha value is -2.04. The van der Waals surface area contributed by atoms with Crippen molar-refractivity contribution in [1.29, 1.82) is 0 Å². The highest BCUT2D eigenvalue weighted by Crippen LogP contribution is 2.30. The van der Waals surface area contributed by atoms with Gasteiger partial charge in [0.1, 0.15) is 12.4 Å². The number of hydrogen-bond donors (Lipinski definition) is 2. The normalized spacial score (nSPS) is 16.7. The van der Waals surface area contributed by atoms with E-state index in [9.17, 15) is 9.59 Å². The molecule has 2 N–H and O–H groups in total. The van der Waals surface area contributed by atoms with Crippen molar-refractivity contribution in [2.45, 2.75) is 46.6 Å². The van der Waals surface area contributed by atoms with E-state index in [1.807, 2.05) is 45.9 Å². The minimum atomic E-state index is -0.188. The summed E-state index contributed by atoms with van der Waals surface area (Å²) in [7, 11) is 0. The van der Waals surface area contributed by atoms with Gasteiger partial charge in [-0.05, 0) is 49.9 Å². The molecular formula is C18H26N2O3. The summed E-state index contributed by atoms with van der Waals surface area (Å²) in [5, 5.41) is 5.83. The number of carbonyl (C=O) groups excluding carboxylic acids is 2. The quantitative estimate of drug-likeness (QED) is 0.877. The van der Waals surface area contributed by atoms with Crippen LogP contribution < -0.4 is 15.4 Å². The molecule has 0 saturated carbocycles. The predicted molar refractivity (Wildman–Crippen MR) is 90.5 cm³/mol. The predicted octanol–water partition coefficient (Wildman–Crippen LogP) is 2.75.